The summed E-state index contributed by atoms with van der Waals surface area (Å²) in [5, 5.41) is 10.5. The van der Waals surface area contributed by atoms with Crippen molar-refractivity contribution in [2.75, 3.05) is 5.32 Å². The molecule has 0 spiro atoms. The first-order chi connectivity index (χ1) is 8.19. The predicted octanol–water partition coefficient (Wildman–Crippen LogP) is 2.72. The van der Waals surface area contributed by atoms with Crippen LogP contribution in [0, 0.1) is 0 Å². The Bertz CT molecular complexity index is 548. The number of carbonyl (C=O) groups excluding carboxylic acids is 1. The molecule has 1 aromatic heterocycles. The van der Waals surface area contributed by atoms with E-state index in [-0.39, 0.29) is 5.91 Å². The zero-order chi connectivity index (χ0) is 12.3. The van der Waals surface area contributed by atoms with Crippen molar-refractivity contribution in [3.8, 4) is 0 Å². The van der Waals surface area contributed by atoms with E-state index in [4.69, 9.17) is 0 Å². The second kappa shape index (κ2) is 5.11. The second-order valence-electron chi connectivity index (χ2n) is 3.17. The van der Waals surface area contributed by atoms with Crippen LogP contribution >= 0.6 is 24.0 Å². The zero-order valence-electron chi connectivity index (χ0n) is 8.75. The molecule has 6 heteroatoms. The van der Waals surface area contributed by atoms with E-state index in [9.17, 15) is 4.79 Å². The molecule has 2 aromatic rings. The van der Waals surface area contributed by atoms with Gasteiger partial charge in [0.2, 0.25) is 5.13 Å². The molecule has 1 aromatic carbocycles. The quantitative estimate of drug-likeness (QED) is 0.661. The van der Waals surface area contributed by atoms with Crippen molar-refractivity contribution in [1.82, 2.24) is 10.2 Å². The maximum Gasteiger partial charge on any atom is 0.257 e. The van der Waals surface area contributed by atoms with Gasteiger partial charge >= 0.3 is 0 Å². The summed E-state index contributed by atoms with van der Waals surface area (Å²) in [6.07, 6.45) is 1.72. The number of rotatable bonds is 3. The minimum absolute atomic E-state index is 0.218. The first-order valence-electron chi connectivity index (χ1n) is 4.75. The van der Waals surface area contributed by atoms with Crippen LogP contribution in [0.15, 0.2) is 35.2 Å². The summed E-state index contributed by atoms with van der Waals surface area (Å²) in [5.74, 6) is -0.218. The number of anilines is 1. The highest BCUT2D eigenvalue weighted by Crippen LogP contribution is 2.18. The molecule has 0 atom stereocenters. The fourth-order valence-electron chi connectivity index (χ4n) is 1.21. The number of aromatic nitrogens is 2. The SMILES string of the molecule is C=Cc1ccc(C(=O)Nc2nnc(S)s2)cc1. The van der Waals surface area contributed by atoms with Crippen LogP contribution in [0.3, 0.4) is 0 Å². The van der Waals surface area contributed by atoms with E-state index in [2.05, 4.69) is 34.7 Å². The first-order valence-corrected chi connectivity index (χ1v) is 6.02. The number of nitrogens with zero attached hydrogens (tertiary/aromatic N) is 2. The molecule has 86 valence electrons. The van der Waals surface area contributed by atoms with E-state index in [0.29, 0.717) is 15.0 Å². The molecule has 2 rings (SSSR count). The number of benzene rings is 1. The molecule has 1 heterocycles. The summed E-state index contributed by atoms with van der Waals surface area (Å²) in [7, 11) is 0. The lowest BCUT2D eigenvalue weighted by molar-refractivity contribution is 0.102. The zero-order valence-corrected chi connectivity index (χ0v) is 10.5. The molecule has 1 N–H and O–H groups in total. The van der Waals surface area contributed by atoms with Gasteiger partial charge in [-0.3, -0.25) is 10.1 Å². The van der Waals surface area contributed by atoms with E-state index < -0.39 is 0 Å². The Morgan fingerprint density at radius 3 is 2.59 bits per heavy atom. The van der Waals surface area contributed by atoms with Crippen molar-refractivity contribution in [2.45, 2.75) is 4.34 Å². The third-order valence-corrected chi connectivity index (χ3v) is 3.05. The summed E-state index contributed by atoms with van der Waals surface area (Å²) in [5.41, 5.74) is 1.53. The van der Waals surface area contributed by atoms with Gasteiger partial charge < -0.3 is 0 Å². The van der Waals surface area contributed by atoms with Crippen molar-refractivity contribution in [3.63, 3.8) is 0 Å². The van der Waals surface area contributed by atoms with Crippen LogP contribution in [0.2, 0.25) is 0 Å². The molecule has 0 saturated carbocycles. The fraction of sp³-hybridized carbons (Fsp3) is 0. The van der Waals surface area contributed by atoms with Gasteiger partial charge in [0.1, 0.15) is 0 Å². The van der Waals surface area contributed by atoms with Gasteiger partial charge in [-0.2, -0.15) is 0 Å². The first kappa shape index (κ1) is 11.8. The Balaban J connectivity index is 2.11. The number of hydrogen-bond acceptors (Lipinski definition) is 5. The monoisotopic (exact) mass is 263 g/mol. The number of hydrogen-bond donors (Lipinski definition) is 2. The van der Waals surface area contributed by atoms with Crippen molar-refractivity contribution in [3.05, 3.63) is 42.0 Å². The predicted molar refractivity (Wildman–Crippen MR) is 71.6 cm³/mol. The van der Waals surface area contributed by atoms with E-state index in [1.54, 1.807) is 18.2 Å². The van der Waals surface area contributed by atoms with E-state index >= 15 is 0 Å². The Kier molecular flexibility index (Phi) is 3.55. The Morgan fingerprint density at radius 1 is 1.35 bits per heavy atom. The lowest BCUT2D eigenvalue weighted by atomic mass is 10.1. The van der Waals surface area contributed by atoms with Gasteiger partial charge in [-0.1, -0.05) is 36.1 Å². The fourth-order valence-corrected chi connectivity index (χ4v) is 1.99. The molecule has 0 bridgehead atoms. The van der Waals surface area contributed by atoms with Crippen LogP contribution in [-0.2, 0) is 0 Å². The third kappa shape index (κ3) is 2.92. The van der Waals surface area contributed by atoms with Crippen LogP contribution in [0.1, 0.15) is 15.9 Å². The van der Waals surface area contributed by atoms with Crippen LogP contribution in [0.25, 0.3) is 6.08 Å². The van der Waals surface area contributed by atoms with Crippen molar-refractivity contribution < 1.29 is 4.79 Å². The average molecular weight is 263 g/mol. The van der Waals surface area contributed by atoms with Gasteiger partial charge in [-0.05, 0) is 17.7 Å². The summed E-state index contributed by atoms with van der Waals surface area (Å²) in [4.78, 5) is 11.8. The molecular formula is C11H9N3OS2. The van der Waals surface area contributed by atoms with Crippen LogP contribution < -0.4 is 5.32 Å². The maximum atomic E-state index is 11.8. The standard InChI is InChI=1S/C11H9N3OS2/c1-2-7-3-5-8(6-4-7)9(15)12-10-13-14-11(16)17-10/h2-6H,1H2,(H,14,16)(H,12,13,15). The molecule has 0 saturated heterocycles. The molecule has 4 nitrogen and oxygen atoms in total. The number of nitrogens with one attached hydrogen (secondary N) is 1. The van der Waals surface area contributed by atoms with Crippen LogP contribution in [0.4, 0.5) is 5.13 Å². The topological polar surface area (TPSA) is 54.9 Å². The van der Waals surface area contributed by atoms with Crippen LogP contribution in [0.5, 0.6) is 0 Å². The van der Waals surface area contributed by atoms with Crippen molar-refractivity contribution in [2.24, 2.45) is 0 Å². The molecule has 0 fully saturated rings. The molecule has 17 heavy (non-hydrogen) atoms. The molecular weight excluding hydrogens is 254 g/mol. The van der Waals surface area contributed by atoms with Gasteiger partial charge in [0.15, 0.2) is 4.34 Å². The van der Waals surface area contributed by atoms with Gasteiger partial charge in [-0.15, -0.1) is 22.8 Å². The molecule has 0 aliphatic rings. The minimum Gasteiger partial charge on any atom is -0.296 e. The second-order valence-corrected chi connectivity index (χ2v) is 4.87. The van der Waals surface area contributed by atoms with Gasteiger partial charge in [0, 0.05) is 5.56 Å². The minimum atomic E-state index is -0.218. The lowest BCUT2D eigenvalue weighted by Gasteiger charge is -2.01. The number of thiol groups is 1. The van der Waals surface area contributed by atoms with Gasteiger partial charge in [0.25, 0.3) is 5.91 Å². The summed E-state index contributed by atoms with van der Waals surface area (Å²) in [6, 6.07) is 7.11. The Labute approximate surface area is 108 Å². The highest BCUT2D eigenvalue weighted by atomic mass is 32.2. The summed E-state index contributed by atoms with van der Waals surface area (Å²) >= 11 is 5.24. The average Bonchev–Trinajstić information content (AvgIpc) is 2.75. The molecule has 0 radical (unpaired) electrons. The summed E-state index contributed by atoms with van der Waals surface area (Å²) < 4.78 is 0.516. The van der Waals surface area contributed by atoms with Gasteiger partial charge in [-0.25, -0.2) is 0 Å². The molecule has 0 aliphatic heterocycles. The molecule has 0 aliphatic carbocycles. The highest BCUT2D eigenvalue weighted by molar-refractivity contribution is 7.82. The smallest absolute Gasteiger partial charge is 0.257 e. The van der Waals surface area contributed by atoms with Gasteiger partial charge in [0.05, 0.1) is 0 Å². The summed E-state index contributed by atoms with van der Waals surface area (Å²) in [6.45, 7) is 3.65. The number of carbonyl (C=O) groups is 1. The van der Waals surface area contributed by atoms with E-state index in [0.717, 1.165) is 5.56 Å². The van der Waals surface area contributed by atoms with Crippen LogP contribution in [-0.4, -0.2) is 16.1 Å². The lowest BCUT2D eigenvalue weighted by Crippen LogP contribution is -2.11. The maximum absolute atomic E-state index is 11.8. The Hall–Kier alpha value is -1.66. The molecule has 0 unspecified atom stereocenters. The normalized spacial score (nSPS) is 9.94. The Morgan fingerprint density at radius 2 is 2.06 bits per heavy atom. The van der Waals surface area contributed by atoms with E-state index in [1.165, 1.54) is 11.3 Å². The third-order valence-electron chi connectivity index (χ3n) is 2.04. The van der Waals surface area contributed by atoms with Crippen molar-refractivity contribution in [1.29, 1.82) is 0 Å². The van der Waals surface area contributed by atoms with E-state index in [1.807, 2.05) is 12.1 Å². The number of amides is 1. The largest absolute Gasteiger partial charge is 0.296 e. The highest BCUT2D eigenvalue weighted by Gasteiger charge is 2.08. The van der Waals surface area contributed by atoms with Crippen molar-refractivity contribution >= 4 is 41.1 Å². The molecule has 1 amide bonds.